The van der Waals surface area contributed by atoms with E-state index in [0.29, 0.717) is 0 Å². The van der Waals surface area contributed by atoms with Gasteiger partial charge < -0.3 is 9.88 Å². The van der Waals surface area contributed by atoms with Gasteiger partial charge in [0, 0.05) is 18.1 Å². The summed E-state index contributed by atoms with van der Waals surface area (Å²) in [5.41, 5.74) is 2.54. The smallest absolute Gasteiger partial charge is 0.128 e. The monoisotopic (exact) mass is 185 g/mol. The molecule has 0 atom stereocenters. The minimum atomic E-state index is 0.810. The number of imidazole rings is 1. The molecule has 2 aromatic rings. The second-order valence-corrected chi connectivity index (χ2v) is 3.48. The molecule has 3 heteroatoms. The number of hydrogen-bond donors (Lipinski definition) is 1. The molecule has 1 aliphatic rings. The van der Waals surface area contributed by atoms with Gasteiger partial charge in [-0.05, 0) is 11.6 Å². The Kier molecular flexibility index (Phi) is 1.56. The number of para-hydroxylation sites is 1. The fraction of sp³-hybridized carbons (Fsp3) is 0.182. The third-order valence-electron chi connectivity index (χ3n) is 2.60. The Morgan fingerprint density at radius 1 is 1.29 bits per heavy atom. The average Bonchev–Trinajstić information content (AvgIpc) is 2.58. The molecule has 1 aromatic heterocycles. The van der Waals surface area contributed by atoms with Crippen molar-refractivity contribution < 1.29 is 0 Å². The van der Waals surface area contributed by atoms with Gasteiger partial charge in [-0.3, -0.25) is 0 Å². The molecule has 0 bridgehead atoms. The fourth-order valence-electron chi connectivity index (χ4n) is 1.84. The topological polar surface area (TPSA) is 29.9 Å². The van der Waals surface area contributed by atoms with Crippen LogP contribution in [0.2, 0.25) is 0 Å². The number of hydrogen-bond acceptors (Lipinski definition) is 2. The highest BCUT2D eigenvalue weighted by Crippen LogP contribution is 2.20. The third-order valence-corrected chi connectivity index (χ3v) is 2.60. The van der Waals surface area contributed by atoms with E-state index < -0.39 is 0 Å². The Bertz CT molecular complexity index is 459. The predicted octanol–water partition coefficient (Wildman–Crippen LogP) is 1.86. The lowest BCUT2D eigenvalue weighted by Crippen LogP contribution is -2.02. The van der Waals surface area contributed by atoms with E-state index in [4.69, 9.17) is 0 Å². The molecular weight excluding hydrogens is 174 g/mol. The summed E-state index contributed by atoms with van der Waals surface area (Å²) in [6.45, 7) is 1.72. The second kappa shape index (κ2) is 2.87. The van der Waals surface area contributed by atoms with E-state index in [0.717, 1.165) is 18.9 Å². The van der Waals surface area contributed by atoms with Crippen LogP contribution < -0.4 is 5.32 Å². The summed E-state index contributed by atoms with van der Waals surface area (Å²) in [5.74, 6) is 1.10. The van der Waals surface area contributed by atoms with Gasteiger partial charge in [0.2, 0.25) is 0 Å². The molecule has 2 heterocycles. The minimum absolute atomic E-state index is 0.810. The Hall–Kier alpha value is -1.77. The van der Waals surface area contributed by atoms with Crippen LogP contribution in [0.3, 0.4) is 0 Å². The van der Waals surface area contributed by atoms with E-state index in [2.05, 4.69) is 39.1 Å². The molecule has 0 fully saturated rings. The van der Waals surface area contributed by atoms with Gasteiger partial charge >= 0.3 is 0 Å². The second-order valence-electron chi connectivity index (χ2n) is 3.48. The van der Waals surface area contributed by atoms with Crippen LogP contribution in [-0.2, 0) is 13.1 Å². The van der Waals surface area contributed by atoms with Crippen LogP contribution in [0, 0.1) is 0 Å². The molecule has 1 aromatic carbocycles. The molecule has 0 unspecified atom stereocenters. The van der Waals surface area contributed by atoms with Gasteiger partial charge in [-0.15, -0.1) is 0 Å². The average molecular weight is 185 g/mol. The van der Waals surface area contributed by atoms with E-state index in [1.165, 1.54) is 11.3 Å². The Balaban J connectivity index is 2.10. The Morgan fingerprint density at radius 3 is 3.21 bits per heavy atom. The van der Waals surface area contributed by atoms with Gasteiger partial charge in [0.05, 0.1) is 13.1 Å². The number of anilines is 1. The normalized spacial score (nSPS) is 13.7. The summed E-state index contributed by atoms with van der Waals surface area (Å²) in [6, 6.07) is 8.39. The number of aromatic nitrogens is 2. The zero-order valence-electron chi connectivity index (χ0n) is 7.77. The molecule has 14 heavy (non-hydrogen) atoms. The molecule has 0 amide bonds. The molecule has 70 valence electrons. The summed E-state index contributed by atoms with van der Waals surface area (Å²) in [4.78, 5) is 4.30. The summed E-state index contributed by atoms with van der Waals surface area (Å²) in [7, 11) is 0. The summed E-state index contributed by atoms with van der Waals surface area (Å²) in [6.07, 6.45) is 3.88. The maximum atomic E-state index is 4.30. The zero-order valence-corrected chi connectivity index (χ0v) is 7.77. The highest BCUT2D eigenvalue weighted by atomic mass is 15.1. The molecule has 0 saturated heterocycles. The number of rotatable bonds is 0. The van der Waals surface area contributed by atoms with Crippen LogP contribution in [0.5, 0.6) is 0 Å². The number of nitrogens with zero attached hydrogens (tertiary/aromatic N) is 2. The fourth-order valence-corrected chi connectivity index (χ4v) is 1.84. The van der Waals surface area contributed by atoms with E-state index in [1.807, 2.05) is 12.4 Å². The lowest BCUT2D eigenvalue weighted by atomic mass is 10.2. The van der Waals surface area contributed by atoms with Crippen molar-refractivity contribution >= 4 is 5.69 Å². The van der Waals surface area contributed by atoms with Crippen LogP contribution in [0.1, 0.15) is 11.4 Å². The lowest BCUT2D eigenvalue weighted by Gasteiger charge is -2.05. The molecule has 1 N–H and O–H groups in total. The molecule has 0 saturated carbocycles. The first-order valence-electron chi connectivity index (χ1n) is 4.75. The number of nitrogens with one attached hydrogen (secondary N) is 1. The van der Waals surface area contributed by atoms with Crippen molar-refractivity contribution in [1.29, 1.82) is 0 Å². The highest BCUT2D eigenvalue weighted by molar-refractivity contribution is 5.52. The maximum absolute atomic E-state index is 4.30. The minimum Gasteiger partial charge on any atom is -0.378 e. The van der Waals surface area contributed by atoms with Crippen molar-refractivity contribution in [2.75, 3.05) is 5.32 Å². The molecule has 0 aliphatic carbocycles. The number of fused-ring (bicyclic) bond motifs is 2. The molecule has 3 nitrogen and oxygen atoms in total. The maximum Gasteiger partial charge on any atom is 0.128 e. The van der Waals surface area contributed by atoms with Gasteiger partial charge in [-0.1, -0.05) is 18.2 Å². The first kappa shape index (κ1) is 7.62. The van der Waals surface area contributed by atoms with Gasteiger partial charge in [0.25, 0.3) is 0 Å². The van der Waals surface area contributed by atoms with Gasteiger partial charge in [-0.25, -0.2) is 4.98 Å². The predicted molar refractivity (Wildman–Crippen MR) is 55.1 cm³/mol. The van der Waals surface area contributed by atoms with Gasteiger partial charge in [0.15, 0.2) is 0 Å². The van der Waals surface area contributed by atoms with Gasteiger partial charge in [-0.2, -0.15) is 0 Å². The highest BCUT2D eigenvalue weighted by Gasteiger charge is 2.10. The van der Waals surface area contributed by atoms with Gasteiger partial charge in [0.1, 0.15) is 5.82 Å². The van der Waals surface area contributed by atoms with Crippen LogP contribution in [0.25, 0.3) is 0 Å². The number of benzene rings is 1. The largest absolute Gasteiger partial charge is 0.378 e. The van der Waals surface area contributed by atoms with Crippen molar-refractivity contribution in [3.05, 3.63) is 48.0 Å². The summed E-state index contributed by atoms with van der Waals surface area (Å²) in [5, 5.41) is 3.38. The Morgan fingerprint density at radius 2 is 2.21 bits per heavy atom. The van der Waals surface area contributed by atoms with E-state index in [1.54, 1.807) is 0 Å². The van der Waals surface area contributed by atoms with E-state index >= 15 is 0 Å². The molecular formula is C11H11N3. The van der Waals surface area contributed by atoms with Crippen molar-refractivity contribution in [1.82, 2.24) is 9.55 Å². The quantitative estimate of drug-likeness (QED) is 0.679. The molecule has 1 aliphatic heterocycles. The zero-order chi connectivity index (χ0) is 9.38. The SMILES string of the molecule is c1ccc2c(c1)Cn1ccnc1CN2. The van der Waals surface area contributed by atoms with Crippen molar-refractivity contribution in [3.8, 4) is 0 Å². The van der Waals surface area contributed by atoms with Crippen molar-refractivity contribution in [2.24, 2.45) is 0 Å². The van der Waals surface area contributed by atoms with Crippen LogP contribution in [0.15, 0.2) is 36.7 Å². The molecule has 0 radical (unpaired) electrons. The van der Waals surface area contributed by atoms with Crippen LogP contribution >= 0.6 is 0 Å². The van der Waals surface area contributed by atoms with Crippen molar-refractivity contribution in [3.63, 3.8) is 0 Å². The van der Waals surface area contributed by atoms with Crippen molar-refractivity contribution in [2.45, 2.75) is 13.1 Å². The molecule has 0 spiro atoms. The first-order chi connectivity index (χ1) is 6.93. The standard InChI is InChI=1S/C11H11N3/c1-2-4-10-9(3-1)8-14-6-5-12-11(14)7-13-10/h1-6,13H,7-8H2. The summed E-state index contributed by atoms with van der Waals surface area (Å²) >= 11 is 0. The Labute approximate surface area is 82.4 Å². The summed E-state index contributed by atoms with van der Waals surface area (Å²) < 4.78 is 2.18. The first-order valence-corrected chi connectivity index (χ1v) is 4.75. The lowest BCUT2D eigenvalue weighted by molar-refractivity contribution is 0.754. The van der Waals surface area contributed by atoms with E-state index in [-0.39, 0.29) is 0 Å². The van der Waals surface area contributed by atoms with Crippen LogP contribution in [0.4, 0.5) is 5.69 Å². The third kappa shape index (κ3) is 1.09. The molecule has 3 rings (SSSR count). The van der Waals surface area contributed by atoms with Crippen LogP contribution in [-0.4, -0.2) is 9.55 Å². The van der Waals surface area contributed by atoms with E-state index in [9.17, 15) is 0 Å².